The number of aliphatic imine (C=N–C) groups is 2. The molecule has 1 fully saturated rings. The Bertz CT molecular complexity index is 815. The van der Waals surface area contributed by atoms with E-state index in [1.165, 1.54) is 6.92 Å². The lowest BCUT2D eigenvalue weighted by Crippen LogP contribution is -2.44. The first kappa shape index (κ1) is 14.2. The first-order valence-corrected chi connectivity index (χ1v) is 7.57. The second-order valence-corrected chi connectivity index (χ2v) is 6.26. The summed E-state index contributed by atoms with van der Waals surface area (Å²) in [5.74, 6) is 0.811. The van der Waals surface area contributed by atoms with Gasteiger partial charge in [-0.3, -0.25) is 0 Å². The monoisotopic (exact) mass is 335 g/mol. The normalized spacial score (nSPS) is 35.2. The van der Waals surface area contributed by atoms with Crippen molar-refractivity contribution in [1.82, 2.24) is 4.57 Å². The molecule has 1 aromatic rings. The van der Waals surface area contributed by atoms with Gasteiger partial charge in [-0.25, -0.2) is 9.98 Å². The summed E-state index contributed by atoms with van der Waals surface area (Å²) in [4.78, 5) is 8.43. The molecule has 24 heavy (non-hydrogen) atoms. The largest absolute Gasteiger partial charge is 0.394 e. The van der Waals surface area contributed by atoms with Crippen molar-refractivity contribution < 1.29 is 21.4 Å². The fourth-order valence-corrected chi connectivity index (χ4v) is 3.24. The summed E-state index contributed by atoms with van der Waals surface area (Å²) in [6.45, 7) is 5.26. The van der Waals surface area contributed by atoms with E-state index in [4.69, 9.17) is 6.11 Å². The quantitative estimate of drug-likeness (QED) is 0.502. The summed E-state index contributed by atoms with van der Waals surface area (Å²) in [6.07, 6.45) is -1.55. The Balaban J connectivity index is 1.85. The number of hydrogen-bond donors (Lipinski definition) is 5. The van der Waals surface area contributed by atoms with Gasteiger partial charge in [0.2, 0.25) is 0 Å². The van der Waals surface area contributed by atoms with Crippen LogP contribution >= 0.6 is 0 Å². The molecule has 4 heterocycles. The van der Waals surface area contributed by atoms with E-state index in [1.54, 1.807) is 10.8 Å². The van der Waals surface area contributed by atoms with Crippen molar-refractivity contribution in [1.29, 1.82) is 0 Å². The molecule has 1 saturated heterocycles. The van der Waals surface area contributed by atoms with E-state index in [1.807, 2.05) is 0 Å². The first-order chi connectivity index (χ1) is 11.8. The maximum absolute atomic E-state index is 10.7. The molecule has 0 spiro atoms. The smallest absolute Gasteiger partial charge is 0.167 e. The number of hydrogen-bond acceptors (Lipinski definition) is 8. The molecule has 3 aliphatic heterocycles. The minimum absolute atomic E-state index is 0.108. The Morgan fingerprint density at radius 2 is 2.42 bits per heavy atom. The number of anilines is 2. The molecule has 9 heteroatoms. The Labute approximate surface area is 139 Å². The van der Waals surface area contributed by atoms with Gasteiger partial charge in [0.25, 0.3) is 0 Å². The summed E-state index contributed by atoms with van der Waals surface area (Å²) in [5, 5.41) is 36.4. The van der Waals surface area contributed by atoms with Crippen molar-refractivity contribution in [2.45, 2.75) is 31.0 Å². The highest BCUT2D eigenvalue weighted by Crippen LogP contribution is 2.43. The van der Waals surface area contributed by atoms with E-state index in [0.29, 0.717) is 35.1 Å². The number of amidine groups is 2. The molecule has 4 atom stereocenters. The molecule has 0 aliphatic carbocycles. The Morgan fingerprint density at radius 1 is 1.62 bits per heavy atom. The van der Waals surface area contributed by atoms with Crippen LogP contribution in [0.5, 0.6) is 0 Å². The molecule has 1 aromatic heterocycles. The second-order valence-electron chi connectivity index (χ2n) is 6.26. The standard InChI is InChI=1S/C15H19N5O4/c1-7-3-16-8-4-20(13-10(8)12(19-7)17-6-18-13)14-15(2,23)11(22)9(5-21)24-14/h4,6,9,11,14,16,21-23H,1,3,5H2,2H3,(H,17,18,19)/t9-,11-,14-,15+/m1/s1/i6T. The zero-order valence-electron chi connectivity index (χ0n) is 14.0. The zero-order valence-corrected chi connectivity index (χ0v) is 13.0. The van der Waals surface area contributed by atoms with E-state index in [0.717, 1.165) is 0 Å². The van der Waals surface area contributed by atoms with Crippen LogP contribution < -0.4 is 10.6 Å². The summed E-state index contributed by atoms with van der Waals surface area (Å²) in [7, 11) is 0. The Morgan fingerprint density at radius 3 is 3.12 bits per heavy atom. The molecule has 3 aliphatic rings. The maximum Gasteiger partial charge on any atom is 0.167 e. The summed E-state index contributed by atoms with van der Waals surface area (Å²) in [5.41, 5.74) is 0.275. The fraction of sp³-hybridized carbons (Fsp3) is 0.467. The molecule has 4 rings (SSSR count). The third-order valence-electron chi connectivity index (χ3n) is 4.53. The van der Waals surface area contributed by atoms with E-state index >= 15 is 0 Å². The van der Waals surface area contributed by atoms with Crippen LogP contribution in [-0.2, 0) is 4.74 Å². The minimum atomic E-state index is -1.64. The second kappa shape index (κ2) is 5.15. The number of aliphatic hydroxyl groups excluding tert-OH is 2. The highest BCUT2D eigenvalue weighted by atomic mass is 16.6. The van der Waals surface area contributed by atoms with Crippen LogP contribution in [0.1, 0.15) is 20.1 Å². The van der Waals surface area contributed by atoms with Crippen LogP contribution in [0.4, 0.5) is 11.5 Å². The molecular weight excluding hydrogens is 314 g/mol. The number of aromatic nitrogens is 1. The summed E-state index contributed by atoms with van der Waals surface area (Å²) >= 11 is 0. The van der Waals surface area contributed by atoms with Gasteiger partial charge in [0, 0.05) is 6.20 Å². The number of ether oxygens (including phenoxy) is 1. The van der Waals surface area contributed by atoms with Gasteiger partial charge in [-0.2, -0.15) is 0 Å². The highest BCUT2D eigenvalue weighted by molar-refractivity contribution is 6.16. The lowest BCUT2D eigenvalue weighted by Gasteiger charge is -2.29. The van der Waals surface area contributed by atoms with Crippen molar-refractivity contribution in [3.8, 4) is 0 Å². The predicted molar refractivity (Wildman–Crippen MR) is 88.3 cm³/mol. The van der Waals surface area contributed by atoms with Crippen LogP contribution in [0.3, 0.4) is 0 Å². The van der Waals surface area contributed by atoms with Gasteiger partial charge in [0.15, 0.2) is 12.1 Å². The topological polar surface area (TPSA) is 124 Å². The van der Waals surface area contributed by atoms with Gasteiger partial charge in [-0.05, 0) is 6.92 Å². The number of rotatable bonds is 2. The van der Waals surface area contributed by atoms with Crippen molar-refractivity contribution in [2.24, 2.45) is 9.98 Å². The van der Waals surface area contributed by atoms with Crippen molar-refractivity contribution >= 4 is 23.7 Å². The Hall–Kier alpha value is -2.20. The van der Waals surface area contributed by atoms with Gasteiger partial charge < -0.3 is 35.3 Å². The molecular formula is C15H19N5O4. The van der Waals surface area contributed by atoms with Crippen molar-refractivity contribution in [3.05, 3.63) is 24.0 Å². The minimum Gasteiger partial charge on any atom is -0.394 e. The summed E-state index contributed by atoms with van der Waals surface area (Å²) in [6, 6.07) is 0. The van der Waals surface area contributed by atoms with Crippen LogP contribution in [0.25, 0.3) is 0 Å². The van der Waals surface area contributed by atoms with E-state index < -0.39 is 30.6 Å². The number of nitrogens with one attached hydrogen (secondary N) is 2. The average molecular weight is 335 g/mol. The number of nitrogens with zero attached hydrogens (tertiary/aromatic N) is 3. The predicted octanol–water partition coefficient (Wildman–Crippen LogP) is -0.371. The van der Waals surface area contributed by atoms with Gasteiger partial charge in [0.05, 0.1) is 36.4 Å². The van der Waals surface area contributed by atoms with E-state index in [2.05, 4.69) is 27.2 Å². The van der Waals surface area contributed by atoms with Gasteiger partial charge in [-0.1, -0.05) is 6.58 Å². The molecule has 0 bridgehead atoms. The third-order valence-corrected chi connectivity index (χ3v) is 4.53. The maximum atomic E-state index is 10.7. The van der Waals surface area contributed by atoms with Crippen molar-refractivity contribution in [3.63, 3.8) is 0 Å². The van der Waals surface area contributed by atoms with E-state index in [-0.39, 0.29) is 6.31 Å². The van der Waals surface area contributed by atoms with Gasteiger partial charge >= 0.3 is 0 Å². The van der Waals surface area contributed by atoms with Crippen LogP contribution in [-0.4, -0.2) is 63.0 Å². The zero-order chi connectivity index (χ0) is 17.9. The molecule has 128 valence electrons. The highest BCUT2D eigenvalue weighted by Gasteiger charge is 2.53. The van der Waals surface area contributed by atoms with Crippen LogP contribution in [0.15, 0.2) is 28.5 Å². The summed E-state index contributed by atoms with van der Waals surface area (Å²) < 4.78 is 15.2. The van der Waals surface area contributed by atoms with Crippen LogP contribution in [0.2, 0.25) is 0 Å². The molecule has 0 unspecified atom stereocenters. The van der Waals surface area contributed by atoms with Crippen molar-refractivity contribution in [2.75, 3.05) is 23.8 Å². The molecule has 5 N–H and O–H groups in total. The lowest BCUT2D eigenvalue weighted by atomic mass is 9.96. The SMILES string of the molecule is [3H]C1=NC2=NC(=C)CNc3cn([C@@H]4O[C@H](CO)[C@@H](O)[C@]4(C)O)c(c32)N1. The third kappa shape index (κ3) is 2.02. The number of aliphatic hydroxyl groups is 3. The van der Waals surface area contributed by atoms with Gasteiger partial charge in [-0.15, -0.1) is 0 Å². The Kier molecular flexibility index (Phi) is 3.04. The fourth-order valence-electron chi connectivity index (χ4n) is 3.24. The molecule has 0 amide bonds. The van der Waals surface area contributed by atoms with Gasteiger partial charge in [0.1, 0.15) is 25.0 Å². The molecule has 9 nitrogen and oxygen atoms in total. The molecule has 0 saturated carbocycles. The molecule has 0 radical (unpaired) electrons. The average Bonchev–Trinajstić information content (AvgIpc) is 2.94. The van der Waals surface area contributed by atoms with Crippen LogP contribution in [0, 0.1) is 0 Å². The van der Waals surface area contributed by atoms with E-state index in [9.17, 15) is 15.3 Å². The molecule has 0 aromatic carbocycles. The lowest BCUT2D eigenvalue weighted by molar-refractivity contribution is -0.0954. The first-order valence-electron chi connectivity index (χ1n) is 8.07.